The van der Waals surface area contributed by atoms with Crippen molar-refractivity contribution in [1.29, 1.82) is 0 Å². The van der Waals surface area contributed by atoms with Crippen molar-refractivity contribution in [2.24, 2.45) is 0 Å². The summed E-state index contributed by atoms with van der Waals surface area (Å²) in [5.74, 6) is 0.987. The normalized spacial score (nSPS) is 11.4. The third-order valence-corrected chi connectivity index (χ3v) is 5.16. The summed E-state index contributed by atoms with van der Waals surface area (Å²) in [5.41, 5.74) is 13.8. The second-order valence-electron chi connectivity index (χ2n) is 7.47. The maximum absolute atomic E-state index is 6.25. The summed E-state index contributed by atoms with van der Waals surface area (Å²) in [5, 5.41) is 5.62. The van der Waals surface area contributed by atoms with E-state index < -0.39 is 0 Å². The number of rotatable bonds is 4. The summed E-state index contributed by atoms with van der Waals surface area (Å²) in [6.07, 6.45) is 1.78. The molecule has 0 amide bonds. The topological polar surface area (TPSA) is 95.4 Å². The van der Waals surface area contributed by atoms with Gasteiger partial charge >= 0.3 is 0 Å². The monoisotopic (exact) mass is 382 g/mol. The quantitative estimate of drug-likeness (QED) is 0.355. The van der Waals surface area contributed by atoms with Gasteiger partial charge in [-0.25, -0.2) is 4.98 Å². The van der Waals surface area contributed by atoms with Crippen molar-refractivity contribution in [3.8, 4) is 11.1 Å². The lowest BCUT2D eigenvalue weighted by molar-refractivity contribution is 1.06. The zero-order valence-corrected chi connectivity index (χ0v) is 16.4. The highest BCUT2D eigenvalue weighted by atomic mass is 15.1. The molecule has 3 heterocycles. The number of nitrogens with two attached hydrogens (primary N) is 1. The smallest absolute Gasteiger partial charge is 0.224 e. The first kappa shape index (κ1) is 17.3. The zero-order valence-electron chi connectivity index (χ0n) is 16.4. The van der Waals surface area contributed by atoms with Gasteiger partial charge in [-0.15, -0.1) is 0 Å². The van der Waals surface area contributed by atoms with Crippen molar-refractivity contribution in [3.63, 3.8) is 0 Å². The molecule has 0 aliphatic carbocycles. The number of aromatic amines is 2. The summed E-state index contributed by atoms with van der Waals surface area (Å²) < 4.78 is 0. The highest BCUT2D eigenvalue weighted by Gasteiger charge is 2.09. The first-order valence-corrected chi connectivity index (χ1v) is 9.59. The lowest BCUT2D eigenvalue weighted by Gasteiger charge is -2.09. The molecule has 0 saturated carbocycles. The van der Waals surface area contributed by atoms with Crippen molar-refractivity contribution in [2.75, 3.05) is 11.1 Å². The van der Waals surface area contributed by atoms with E-state index in [9.17, 15) is 0 Å². The predicted octanol–water partition coefficient (Wildman–Crippen LogP) is 4.92. The minimum absolute atomic E-state index is 0.464. The molecule has 5 N–H and O–H groups in total. The second kappa shape index (κ2) is 6.67. The number of nitrogens with one attached hydrogen (secondary N) is 3. The van der Waals surface area contributed by atoms with E-state index in [-0.39, 0.29) is 0 Å². The fraction of sp³-hybridized carbons (Fsp3) is 0.130. The van der Waals surface area contributed by atoms with E-state index in [1.54, 1.807) is 6.20 Å². The molecule has 144 valence electrons. The van der Waals surface area contributed by atoms with E-state index >= 15 is 0 Å². The fourth-order valence-corrected chi connectivity index (χ4v) is 3.77. The summed E-state index contributed by atoms with van der Waals surface area (Å²) in [4.78, 5) is 15.6. The van der Waals surface area contributed by atoms with Crippen LogP contribution in [0, 0.1) is 13.8 Å². The number of aryl methyl sites for hydroxylation is 2. The van der Waals surface area contributed by atoms with Gasteiger partial charge in [-0.2, -0.15) is 4.98 Å². The van der Waals surface area contributed by atoms with E-state index in [0.29, 0.717) is 18.3 Å². The van der Waals surface area contributed by atoms with Crippen molar-refractivity contribution in [2.45, 2.75) is 20.4 Å². The van der Waals surface area contributed by atoms with Crippen LogP contribution in [0.25, 0.3) is 32.9 Å². The number of hydrogen-bond acceptors (Lipinski definition) is 4. The Kier molecular flexibility index (Phi) is 3.98. The fourth-order valence-electron chi connectivity index (χ4n) is 3.77. The maximum Gasteiger partial charge on any atom is 0.224 e. The molecule has 3 aromatic heterocycles. The highest BCUT2D eigenvalue weighted by Crippen LogP contribution is 2.28. The lowest BCUT2D eigenvalue weighted by atomic mass is 10.1. The molecule has 0 saturated heterocycles. The Labute approximate surface area is 168 Å². The Bertz CT molecular complexity index is 1340. The number of benzene rings is 2. The van der Waals surface area contributed by atoms with E-state index in [4.69, 9.17) is 5.73 Å². The predicted molar refractivity (Wildman–Crippen MR) is 119 cm³/mol. The summed E-state index contributed by atoms with van der Waals surface area (Å²) >= 11 is 0. The summed E-state index contributed by atoms with van der Waals surface area (Å²) in [7, 11) is 0. The largest absolute Gasteiger partial charge is 0.383 e. The van der Waals surface area contributed by atoms with Crippen LogP contribution < -0.4 is 11.1 Å². The van der Waals surface area contributed by atoms with E-state index in [1.807, 2.05) is 13.0 Å². The molecule has 0 fully saturated rings. The van der Waals surface area contributed by atoms with Gasteiger partial charge in [0.2, 0.25) is 5.95 Å². The zero-order chi connectivity index (χ0) is 20.0. The van der Waals surface area contributed by atoms with Crippen molar-refractivity contribution < 1.29 is 0 Å². The average molecular weight is 382 g/mol. The van der Waals surface area contributed by atoms with E-state index in [1.165, 1.54) is 5.39 Å². The van der Waals surface area contributed by atoms with Crippen LogP contribution in [0.2, 0.25) is 0 Å². The highest BCUT2D eigenvalue weighted by molar-refractivity contribution is 5.87. The molecule has 6 nitrogen and oxygen atoms in total. The number of hydrogen-bond donors (Lipinski definition) is 4. The van der Waals surface area contributed by atoms with E-state index in [2.05, 4.69) is 74.6 Å². The number of H-pyrrole nitrogens is 2. The Morgan fingerprint density at radius 1 is 0.897 bits per heavy atom. The molecule has 5 aromatic rings. The second-order valence-corrected chi connectivity index (χ2v) is 7.47. The Morgan fingerprint density at radius 3 is 2.31 bits per heavy atom. The average Bonchev–Trinajstić information content (AvgIpc) is 3.25. The minimum Gasteiger partial charge on any atom is -0.383 e. The number of aromatic nitrogens is 4. The van der Waals surface area contributed by atoms with Crippen LogP contribution in [0.3, 0.4) is 0 Å². The Balaban J connectivity index is 1.36. The van der Waals surface area contributed by atoms with Gasteiger partial charge in [0, 0.05) is 46.1 Å². The van der Waals surface area contributed by atoms with Crippen LogP contribution in [0.4, 0.5) is 11.8 Å². The van der Waals surface area contributed by atoms with Gasteiger partial charge in [0.15, 0.2) is 0 Å². The van der Waals surface area contributed by atoms with Crippen LogP contribution >= 0.6 is 0 Å². The van der Waals surface area contributed by atoms with Crippen LogP contribution in [0.1, 0.15) is 17.0 Å². The molecule has 0 aliphatic heterocycles. The minimum atomic E-state index is 0.464. The van der Waals surface area contributed by atoms with Crippen LogP contribution in [0.5, 0.6) is 0 Å². The van der Waals surface area contributed by atoms with Crippen molar-refractivity contribution in [1.82, 2.24) is 19.9 Å². The number of nitrogen functional groups attached to an aromatic ring is 1. The number of anilines is 2. The Morgan fingerprint density at radius 2 is 1.59 bits per heavy atom. The summed E-state index contributed by atoms with van der Waals surface area (Å²) in [6.45, 7) is 4.74. The van der Waals surface area contributed by atoms with Gasteiger partial charge in [0.25, 0.3) is 0 Å². The Hall–Kier alpha value is -3.80. The molecule has 0 atom stereocenters. The van der Waals surface area contributed by atoms with Crippen LogP contribution in [-0.2, 0) is 6.54 Å². The molecule has 5 rings (SSSR count). The summed E-state index contributed by atoms with van der Waals surface area (Å²) in [6, 6.07) is 16.8. The van der Waals surface area contributed by atoms with Crippen molar-refractivity contribution in [3.05, 3.63) is 71.7 Å². The SMILES string of the molecule is Cc1cc2cc(CNc3ncc(-c4ccc5[nH]c(C)cc5c4)c(N)n3)ccc2[nH]1. The lowest BCUT2D eigenvalue weighted by Crippen LogP contribution is -2.06. The molecule has 0 aliphatic rings. The van der Waals surface area contributed by atoms with Gasteiger partial charge < -0.3 is 21.0 Å². The molecule has 6 heteroatoms. The molecule has 0 radical (unpaired) electrons. The standard InChI is InChI=1S/C23H22N6/c1-13-7-17-9-15(3-5-20(17)27-13)11-25-23-26-12-19(22(24)29-23)16-4-6-21-18(10-16)8-14(2)28-21/h3-10,12,27-28H,11H2,1-2H3,(H3,24,25,26,29). The van der Waals surface area contributed by atoms with Crippen LogP contribution in [0.15, 0.2) is 54.7 Å². The molecule has 0 unspecified atom stereocenters. The van der Waals surface area contributed by atoms with Crippen molar-refractivity contribution >= 4 is 33.6 Å². The van der Waals surface area contributed by atoms with Gasteiger partial charge in [0.05, 0.1) is 0 Å². The molecule has 0 bridgehead atoms. The van der Waals surface area contributed by atoms with Gasteiger partial charge in [-0.05, 0) is 66.8 Å². The molecular formula is C23H22N6. The third-order valence-electron chi connectivity index (χ3n) is 5.16. The van der Waals surface area contributed by atoms with Gasteiger partial charge in [0.1, 0.15) is 5.82 Å². The molecule has 0 spiro atoms. The molecule has 29 heavy (non-hydrogen) atoms. The number of fused-ring (bicyclic) bond motifs is 2. The maximum atomic E-state index is 6.25. The first-order chi connectivity index (χ1) is 14.0. The van der Waals surface area contributed by atoms with Gasteiger partial charge in [-0.3, -0.25) is 0 Å². The van der Waals surface area contributed by atoms with Gasteiger partial charge in [-0.1, -0.05) is 12.1 Å². The first-order valence-electron chi connectivity index (χ1n) is 9.59. The van der Waals surface area contributed by atoms with E-state index in [0.717, 1.165) is 44.5 Å². The third kappa shape index (κ3) is 3.29. The molecular weight excluding hydrogens is 360 g/mol. The molecule has 2 aromatic carbocycles. The van der Waals surface area contributed by atoms with Crippen LogP contribution in [-0.4, -0.2) is 19.9 Å². The number of nitrogens with zero attached hydrogens (tertiary/aromatic N) is 2.